The molecule has 8 nitrogen and oxygen atoms in total. The lowest BCUT2D eigenvalue weighted by Crippen LogP contribution is -2.40. The summed E-state index contributed by atoms with van der Waals surface area (Å²) in [6.07, 6.45) is 8.09. The Bertz CT molecular complexity index is 894. The molecular formula is C19H26N6O2. The van der Waals surface area contributed by atoms with Crippen LogP contribution in [0.1, 0.15) is 65.3 Å². The van der Waals surface area contributed by atoms with Gasteiger partial charge in [-0.05, 0) is 19.3 Å². The van der Waals surface area contributed by atoms with Crippen molar-refractivity contribution in [2.75, 3.05) is 25.5 Å². The van der Waals surface area contributed by atoms with Gasteiger partial charge in [-0.15, -0.1) is 0 Å². The number of H-pyrrole nitrogens is 2. The summed E-state index contributed by atoms with van der Waals surface area (Å²) in [7, 11) is 3.66. The van der Waals surface area contributed by atoms with Crippen molar-refractivity contribution in [1.29, 1.82) is 0 Å². The second kappa shape index (κ2) is 7.17. The minimum Gasteiger partial charge on any atom is -0.348 e. The fourth-order valence-electron chi connectivity index (χ4n) is 4.14. The number of hydrogen-bond acceptors (Lipinski definition) is 5. The highest BCUT2D eigenvalue weighted by molar-refractivity contribution is 5.95. The summed E-state index contributed by atoms with van der Waals surface area (Å²) in [6, 6.07) is 0. The molecule has 1 aliphatic heterocycles. The minimum absolute atomic E-state index is 0.0246. The van der Waals surface area contributed by atoms with Crippen LogP contribution >= 0.6 is 0 Å². The van der Waals surface area contributed by atoms with Crippen molar-refractivity contribution in [2.24, 2.45) is 0 Å². The molecule has 0 atom stereocenters. The highest BCUT2D eigenvalue weighted by Gasteiger charge is 2.30. The first kappa shape index (κ1) is 17.8. The van der Waals surface area contributed by atoms with Crippen LogP contribution in [-0.2, 0) is 13.0 Å². The van der Waals surface area contributed by atoms with Gasteiger partial charge in [0.2, 0.25) is 5.95 Å². The number of nitrogens with one attached hydrogen (secondary N) is 2. The Morgan fingerprint density at radius 2 is 2.04 bits per heavy atom. The van der Waals surface area contributed by atoms with Crippen molar-refractivity contribution >= 4 is 11.9 Å². The summed E-state index contributed by atoms with van der Waals surface area (Å²) in [5.74, 6) is 0.852. The summed E-state index contributed by atoms with van der Waals surface area (Å²) in [5.41, 5.74) is 2.83. The molecule has 144 valence electrons. The van der Waals surface area contributed by atoms with Gasteiger partial charge in [-0.25, -0.2) is 4.98 Å². The number of hydrogen-bond donors (Lipinski definition) is 2. The Kier molecular flexibility index (Phi) is 4.72. The van der Waals surface area contributed by atoms with Crippen LogP contribution in [0.15, 0.2) is 11.0 Å². The highest BCUT2D eigenvalue weighted by Crippen LogP contribution is 2.33. The molecule has 1 saturated carbocycles. The van der Waals surface area contributed by atoms with Gasteiger partial charge in [0, 0.05) is 38.3 Å². The summed E-state index contributed by atoms with van der Waals surface area (Å²) in [5, 5.41) is 7.29. The number of aromatic nitrogens is 4. The number of nitrogens with zero attached hydrogens (tertiary/aromatic N) is 4. The number of carbonyl (C=O) groups is 1. The number of fused-ring (bicyclic) bond motifs is 1. The SMILES string of the molecule is CN(C)c1nc2c(c(=O)[nH]1)CCN(C(=O)c1c[nH]nc1C1CCCCC1)C2. The maximum atomic E-state index is 13.2. The number of anilines is 1. The van der Waals surface area contributed by atoms with Gasteiger partial charge in [-0.3, -0.25) is 19.7 Å². The Hall–Kier alpha value is -2.64. The van der Waals surface area contributed by atoms with Crippen LogP contribution in [0.25, 0.3) is 0 Å². The van der Waals surface area contributed by atoms with E-state index in [2.05, 4.69) is 20.2 Å². The molecule has 2 N–H and O–H groups in total. The van der Waals surface area contributed by atoms with Gasteiger partial charge in [-0.2, -0.15) is 5.10 Å². The maximum absolute atomic E-state index is 13.2. The molecule has 4 rings (SSSR count). The van der Waals surface area contributed by atoms with Crippen LogP contribution in [0.4, 0.5) is 5.95 Å². The third kappa shape index (κ3) is 3.36. The van der Waals surface area contributed by atoms with E-state index in [0.29, 0.717) is 48.2 Å². The van der Waals surface area contributed by atoms with E-state index in [1.54, 1.807) is 16.0 Å². The molecule has 0 spiro atoms. The zero-order chi connectivity index (χ0) is 19.0. The fraction of sp³-hybridized carbons (Fsp3) is 0.579. The summed E-state index contributed by atoms with van der Waals surface area (Å²) in [4.78, 5) is 36.4. The zero-order valence-electron chi connectivity index (χ0n) is 15.9. The van der Waals surface area contributed by atoms with E-state index in [1.807, 2.05) is 14.1 Å². The molecular weight excluding hydrogens is 344 g/mol. The van der Waals surface area contributed by atoms with Crippen molar-refractivity contribution < 1.29 is 4.79 Å². The standard InChI is InChI=1S/C19H26N6O2/c1-24(2)19-21-15-11-25(9-8-13(15)17(26)22-19)18(27)14-10-20-23-16(14)12-6-4-3-5-7-12/h10,12H,3-9,11H2,1-2H3,(H,20,23)(H,21,22,26). The van der Waals surface area contributed by atoms with E-state index in [-0.39, 0.29) is 11.5 Å². The molecule has 2 aliphatic rings. The van der Waals surface area contributed by atoms with Gasteiger partial charge >= 0.3 is 0 Å². The molecule has 0 unspecified atom stereocenters. The van der Waals surface area contributed by atoms with Crippen molar-refractivity contribution in [1.82, 2.24) is 25.1 Å². The molecule has 0 saturated heterocycles. The molecule has 3 heterocycles. The molecule has 1 amide bonds. The number of aromatic amines is 2. The number of rotatable bonds is 3. The van der Waals surface area contributed by atoms with Crippen LogP contribution in [0.2, 0.25) is 0 Å². The van der Waals surface area contributed by atoms with Crippen LogP contribution in [0.5, 0.6) is 0 Å². The van der Waals surface area contributed by atoms with E-state index in [1.165, 1.54) is 19.3 Å². The topological polar surface area (TPSA) is 98.0 Å². The Morgan fingerprint density at radius 3 is 2.78 bits per heavy atom. The Balaban J connectivity index is 1.58. The van der Waals surface area contributed by atoms with Gasteiger partial charge in [0.15, 0.2) is 0 Å². The first-order valence-electron chi connectivity index (χ1n) is 9.67. The third-order valence-electron chi connectivity index (χ3n) is 5.66. The van der Waals surface area contributed by atoms with Gasteiger partial charge in [-0.1, -0.05) is 19.3 Å². The van der Waals surface area contributed by atoms with Crippen LogP contribution in [0.3, 0.4) is 0 Å². The second-order valence-electron chi connectivity index (χ2n) is 7.71. The van der Waals surface area contributed by atoms with Crippen LogP contribution < -0.4 is 10.5 Å². The molecule has 1 fully saturated rings. The monoisotopic (exact) mass is 370 g/mol. The van der Waals surface area contributed by atoms with E-state index < -0.39 is 0 Å². The summed E-state index contributed by atoms with van der Waals surface area (Å²) >= 11 is 0. The lowest BCUT2D eigenvalue weighted by Gasteiger charge is -2.29. The maximum Gasteiger partial charge on any atom is 0.257 e. The predicted molar refractivity (Wildman–Crippen MR) is 102 cm³/mol. The molecule has 1 aliphatic carbocycles. The van der Waals surface area contributed by atoms with Crippen molar-refractivity contribution in [3.63, 3.8) is 0 Å². The van der Waals surface area contributed by atoms with Gasteiger partial charge < -0.3 is 9.80 Å². The average Bonchev–Trinajstić information content (AvgIpc) is 3.17. The van der Waals surface area contributed by atoms with Crippen molar-refractivity contribution in [3.05, 3.63) is 39.1 Å². The largest absolute Gasteiger partial charge is 0.348 e. The first-order valence-corrected chi connectivity index (χ1v) is 9.67. The predicted octanol–water partition coefficient (Wildman–Crippen LogP) is 1.81. The number of amides is 1. The quantitative estimate of drug-likeness (QED) is 0.859. The summed E-state index contributed by atoms with van der Waals surface area (Å²) in [6.45, 7) is 0.876. The molecule has 0 radical (unpaired) electrons. The number of carbonyl (C=O) groups excluding carboxylic acids is 1. The van der Waals surface area contributed by atoms with Gasteiger partial charge in [0.25, 0.3) is 11.5 Å². The molecule has 2 aromatic heterocycles. The highest BCUT2D eigenvalue weighted by atomic mass is 16.2. The van der Waals surface area contributed by atoms with E-state index in [9.17, 15) is 9.59 Å². The first-order chi connectivity index (χ1) is 13.0. The minimum atomic E-state index is -0.109. The second-order valence-corrected chi connectivity index (χ2v) is 7.71. The van der Waals surface area contributed by atoms with E-state index in [4.69, 9.17) is 0 Å². The average molecular weight is 370 g/mol. The van der Waals surface area contributed by atoms with E-state index in [0.717, 1.165) is 18.5 Å². The molecule has 0 bridgehead atoms. The van der Waals surface area contributed by atoms with Crippen LogP contribution in [0, 0.1) is 0 Å². The smallest absolute Gasteiger partial charge is 0.257 e. The van der Waals surface area contributed by atoms with Crippen molar-refractivity contribution in [2.45, 2.75) is 51.0 Å². The summed E-state index contributed by atoms with van der Waals surface area (Å²) < 4.78 is 0. The third-order valence-corrected chi connectivity index (χ3v) is 5.66. The lowest BCUT2D eigenvalue weighted by molar-refractivity contribution is 0.0729. The normalized spacial score (nSPS) is 17.6. The molecule has 8 heteroatoms. The molecule has 2 aromatic rings. The Morgan fingerprint density at radius 1 is 1.26 bits per heavy atom. The fourth-order valence-corrected chi connectivity index (χ4v) is 4.14. The Labute approximate surface area is 158 Å². The molecule has 27 heavy (non-hydrogen) atoms. The van der Waals surface area contributed by atoms with Crippen LogP contribution in [-0.4, -0.2) is 51.6 Å². The van der Waals surface area contributed by atoms with Gasteiger partial charge in [0.1, 0.15) is 0 Å². The van der Waals surface area contributed by atoms with E-state index >= 15 is 0 Å². The zero-order valence-corrected chi connectivity index (χ0v) is 15.9. The van der Waals surface area contributed by atoms with Gasteiger partial charge in [0.05, 0.1) is 23.5 Å². The molecule has 0 aromatic carbocycles. The lowest BCUT2D eigenvalue weighted by atomic mass is 9.85. The van der Waals surface area contributed by atoms with Crippen molar-refractivity contribution in [3.8, 4) is 0 Å².